The number of hydrogen-bond donors (Lipinski definition) is 1. The monoisotopic (exact) mass is 337 g/mol. The summed E-state index contributed by atoms with van der Waals surface area (Å²) in [5.41, 5.74) is 2.81. The number of nitrogens with one attached hydrogen (secondary N) is 1. The zero-order valence-corrected chi connectivity index (χ0v) is 13.6. The van der Waals surface area contributed by atoms with Crippen LogP contribution in [0.25, 0.3) is 0 Å². The summed E-state index contributed by atoms with van der Waals surface area (Å²) in [7, 11) is 0. The van der Waals surface area contributed by atoms with Gasteiger partial charge in [-0.1, -0.05) is 41.1 Å². The average Bonchev–Trinajstić information content (AvgIpc) is 2.93. The third-order valence-electron chi connectivity index (χ3n) is 3.22. The molecule has 0 fully saturated rings. The fourth-order valence-corrected chi connectivity index (χ4v) is 3.45. The van der Waals surface area contributed by atoms with Gasteiger partial charge in [-0.3, -0.25) is 0 Å². The molecule has 2 aromatic rings. The third kappa shape index (κ3) is 4.44. The van der Waals surface area contributed by atoms with E-state index in [-0.39, 0.29) is 0 Å². The smallest absolute Gasteiger partial charge is 0.0334 e. The van der Waals surface area contributed by atoms with Crippen LogP contribution in [-0.2, 0) is 6.42 Å². The molecule has 0 aliphatic rings. The Morgan fingerprint density at radius 1 is 1.26 bits per heavy atom. The van der Waals surface area contributed by atoms with Gasteiger partial charge in [0, 0.05) is 10.5 Å². The van der Waals surface area contributed by atoms with Gasteiger partial charge in [0.25, 0.3) is 0 Å². The molecule has 0 amide bonds. The molecule has 1 unspecified atom stereocenters. The van der Waals surface area contributed by atoms with E-state index in [1.54, 1.807) is 11.3 Å². The largest absolute Gasteiger partial charge is 0.310 e. The first-order valence-electron chi connectivity index (χ1n) is 6.80. The van der Waals surface area contributed by atoms with Crippen molar-refractivity contribution in [3.8, 4) is 0 Å². The minimum Gasteiger partial charge on any atom is -0.310 e. The van der Waals surface area contributed by atoms with Crippen LogP contribution >= 0.6 is 27.3 Å². The standard InChI is InChI=1S/C16H20BrNS/c1-2-10-18-16(8-7-13-9-11-19-12-13)14-5-3-4-6-15(14)17/h3-6,9,11-12,16,18H,2,7-8,10H2,1H3. The van der Waals surface area contributed by atoms with Crippen LogP contribution in [0.4, 0.5) is 0 Å². The Hall–Kier alpha value is -0.640. The highest BCUT2D eigenvalue weighted by Gasteiger charge is 2.13. The van der Waals surface area contributed by atoms with Crippen LogP contribution in [-0.4, -0.2) is 6.54 Å². The van der Waals surface area contributed by atoms with Crippen molar-refractivity contribution < 1.29 is 0 Å². The van der Waals surface area contributed by atoms with E-state index in [9.17, 15) is 0 Å². The van der Waals surface area contributed by atoms with Crippen molar-refractivity contribution in [2.45, 2.75) is 32.2 Å². The third-order valence-corrected chi connectivity index (χ3v) is 4.68. The fourth-order valence-electron chi connectivity index (χ4n) is 2.19. The second-order valence-corrected chi connectivity index (χ2v) is 6.33. The summed E-state index contributed by atoms with van der Waals surface area (Å²) >= 11 is 5.45. The van der Waals surface area contributed by atoms with Gasteiger partial charge in [-0.15, -0.1) is 0 Å². The Bertz CT molecular complexity index is 481. The van der Waals surface area contributed by atoms with Crippen LogP contribution in [0.3, 0.4) is 0 Å². The van der Waals surface area contributed by atoms with E-state index in [0.717, 1.165) is 19.4 Å². The Labute approximate surface area is 128 Å². The van der Waals surface area contributed by atoms with Crippen molar-refractivity contribution in [2.75, 3.05) is 6.54 Å². The molecule has 1 N–H and O–H groups in total. The van der Waals surface area contributed by atoms with E-state index in [2.05, 4.69) is 69.3 Å². The van der Waals surface area contributed by atoms with Crippen LogP contribution in [0.2, 0.25) is 0 Å². The van der Waals surface area contributed by atoms with Crippen molar-refractivity contribution in [1.82, 2.24) is 5.32 Å². The molecule has 19 heavy (non-hydrogen) atoms. The predicted octanol–water partition coefficient (Wildman–Crippen LogP) is 5.18. The summed E-state index contributed by atoms with van der Waals surface area (Å²) in [4.78, 5) is 0. The molecule has 102 valence electrons. The lowest BCUT2D eigenvalue weighted by molar-refractivity contribution is 0.498. The molecule has 1 aromatic carbocycles. The first kappa shape index (κ1) is 14.8. The first-order chi connectivity index (χ1) is 9.31. The van der Waals surface area contributed by atoms with Crippen LogP contribution < -0.4 is 5.32 Å². The fraction of sp³-hybridized carbons (Fsp3) is 0.375. The second-order valence-electron chi connectivity index (χ2n) is 4.70. The van der Waals surface area contributed by atoms with Crippen molar-refractivity contribution in [1.29, 1.82) is 0 Å². The van der Waals surface area contributed by atoms with Gasteiger partial charge >= 0.3 is 0 Å². The van der Waals surface area contributed by atoms with E-state index in [4.69, 9.17) is 0 Å². The zero-order valence-electron chi connectivity index (χ0n) is 11.2. The summed E-state index contributed by atoms with van der Waals surface area (Å²) in [5.74, 6) is 0. The molecule has 0 radical (unpaired) electrons. The lowest BCUT2D eigenvalue weighted by Gasteiger charge is -2.20. The highest BCUT2D eigenvalue weighted by molar-refractivity contribution is 9.10. The van der Waals surface area contributed by atoms with Gasteiger partial charge in [-0.25, -0.2) is 0 Å². The molecule has 0 aliphatic heterocycles. The van der Waals surface area contributed by atoms with Gasteiger partial charge < -0.3 is 5.32 Å². The molecular formula is C16H20BrNS. The molecule has 1 atom stereocenters. The minimum absolute atomic E-state index is 0.426. The zero-order chi connectivity index (χ0) is 13.5. The maximum atomic E-state index is 3.67. The molecule has 0 aliphatic carbocycles. The molecule has 0 spiro atoms. The number of halogens is 1. The Morgan fingerprint density at radius 2 is 2.11 bits per heavy atom. The molecule has 1 aromatic heterocycles. The summed E-state index contributed by atoms with van der Waals surface area (Å²) in [6.45, 7) is 3.28. The van der Waals surface area contributed by atoms with E-state index in [1.807, 2.05) is 0 Å². The SMILES string of the molecule is CCCNC(CCc1ccsc1)c1ccccc1Br. The van der Waals surface area contributed by atoms with Gasteiger partial charge in [-0.05, 0) is 59.8 Å². The summed E-state index contributed by atoms with van der Waals surface area (Å²) in [6.07, 6.45) is 3.44. The molecule has 3 heteroatoms. The maximum absolute atomic E-state index is 3.67. The lowest BCUT2D eigenvalue weighted by Crippen LogP contribution is -2.23. The number of aryl methyl sites for hydroxylation is 1. The number of benzene rings is 1. The molecule has 1 heterocycles. The topological polar surface area (TPSA) is 12.0 Å². The molecule has 1 nitrogen and oxygen atoms in total. The first-order valence-corrected chi connectivity index (χ1v) is 8.53. The van der Waals surface area contributed by atoms with Gasteiger partial charge in [-0.2, -0.15) is 11.3 Å². The highest BCUT2D eigenvalue weighted by atomic mass is 79.9. The molecule has 0 saturated heterocycles. The van der Waals surface area contributed by atoms with Gasteiger partial charge in [0.1, 0.15) is 0 Å². The minimum atomic E-state index is 0.426. The summed E-state index contributed by atoms with van der Waals surface area (Å²) in [6, 6.07) is 11.2. The quantitative estimate of drug-likeness (QED) is 0.733. The average molecular weight is 338 g/mol. The highest BCUT2D eigenvalue weighted by Crippen LogP contribution is 2.27. The molecular weight excluding hydrogens is 318 g/mol. The van der Waals surface area contributed by atoms with Crippen molar-refractivity contribution in [2.24, 2.45) is 0 Å². The molecule has 2 rings (SSSR count). The van der Waals surface area contributed by atoms with Crippen molar-refractivity contribution in [3.05, 3.63) is 56.7 Å². The summed E-state index contributed by atoms with van der Waals surface area (Å²) in [5, 5.41) is 8.06. The van der Waals surface area contributed by atoms with E-state index < -0.39 is 0 Å². The Balaban J connectivity index is 2.05. The number of rotatable bonds is 7. The lowest BCUT2D eigenvalue weighted by atomic mass is 10.00. The maximum Gasteiger partial charge on any atom is 0.0334 e. The Morgan fingerprint density at radius 3 is 2.79 bits per heavy atom. The van der Waals surface area contributed by atoms with E-state index in [1.165, 1.54) is 22.0 Å². The van der Waals surface area contributed by atoms with Gasteiger partial charge in [0.2, 0.25) is 0 Å². The van der Waals surface area contributed by atoms with Crippen molar-refractivity contribution >= 4 is 27.3 Å². The normalized spacial score (nSPS) is 12.5. The Kier molecular flexibility index (Phi) is 6.08. The van der Waals surface area contributed by atoms with Crippen LogP contribution in [0.1, 0.15) is 36.9 Å². The summed E-state index contributed by atoms with van der Waals surface area (Å²) < 4.78 is 1.20. The molecule has 0 saturated carbocycles. The van der Waals surface area contributed by atoms with Crippen molar-refractivity contribution in [3.63, 3.8) is 0 Å². The van der Waals surface area contributed by atoms with Crippen LogP contribution in [0, 0.1) is 0 Å². The van der Waals surface area contributed by atoms with E-state index in [0.29, 0.717) is 6.04 Å². The second kappa shape index (κ2) is 7.83. The van der Waals surface area contributed by atoms with E-state index >= 15 is 0 Å². The number of hydrogen-bond acceptors (Lipinski definition) is 2. The van der Waals surface area contributed by atoms with Gasteiger partial charge in [0.15, 0.2) is 0 Å². The van der Waals surface area contributed by atoms with Crippen LogP contribution in [0.5, 0.6) is 0 Å². The van der Waals surface area contributed by atoms with Gasteiger partial charge in [0.05, 0.1) is 0 Å². The molecule has 0 bridgehead atoms. The predicted molar refractivity (Wildman–Crippen MR) is 87.8 cm³/mol. The number of thiophene rings is 1. The van der Waals surface area contributed by atoms with Crippen LogP contribution in [0.15, 0.2) is 45.6 Å².